The molecule has 4 heteroatoms. The summed E-state index contributed by atoms with van der Waals surface area (Å²) in [6, 6.07) is 16.4. The molecule has 0 aliphatic heterocycles. The van der Waals surface area contributed by atoms with Gasteiger partial charge in [0.1, 0.15) is 6.61 Å². The third-order valence-electron chi connectivity index (χ3n) is 6.80. The predicted octanol–water partition coefficient (Wildman–Crippen LogP) is 5.10. The van der Waals surface area contributed by atoms with E-state index in [-0.39, 0.29) is 18.6 Å². The van der Waals surface area contributed by atoms with Gasteiger partial charge >= 0.3 is 6.09 Å². The summed E-state index contributed by atoms with van der Waals surface area (Å²) < 4.78 is 5.64. The van der Waals surface area contributed by atoms with E-state index in [1.807, 2.05) is 24.3 Å². The molecule has 2 aromatic rings. The molecular weight excluding hydrogens is 362 g/mol. The van der Waals surface area contributed by atoms with Crippen LogP contribution in [0.4, 0.5) is 4.79 Å². The van der Waals surface area contributed by atoms with Crippen LogP contribution in [-0.2, 0) is 4.74 Å². The summed E-state index contributed by atoms with van der Waals surface area (Å²) in [5.74, 6) is 0.365. The van der Waals surface area contributed by atoms with E-state index >= 15 is 0 Å². The van der Waals surface area contributed by atoms with Gasteiger partial charge in [0.25, 0.3) is 0 Å². The van der Waals surface area contributed by atoms with Gasteiger partial charge in [0.2, 0.25) is 0 Å². The Hall–Kier alpha value is -2.33. The molecule has 154 valence electrons. The Morgan fingerprint density at radius 1 is 1.07 bits per heavy atom. The van der Waals surface area contributed by atoms with Crippen LogP contribution in [0.5, 0.6) is 0 Å². The van der Waals surface area contributed by atoms with E-state index in [2.05, 4.69) is 43.4 Å². The van der Waals surface area contributed by atoms with E-state index in [1.54, 1.807) is 0 Å². The van der Waals surface area contributed by atoms with E-state index in [4.69, 9.17) is 4.74 Å². The van der Waals surface area contributed by atoms with Gasteiger partial charge < -0.3 is 15.2 Å². The molecule has 1 atom stereocenters. The zero-order chi connectivity index (χ0) is 20.4. The fourth-order valence-corrected chi connectivity index (χ4v) is 4.93. The summed E-state index contributed by atoms with van der Waals surface area (Å²) in [6.07, 6.45) is 3.88. The molecule has 1 saturated carbocycles. The van der Waals surface area contributed by atoms with E-state index in [1.165, 1.54) is 22.3 Å². The van der Waals surface area contributed by atoms with Crippen molar-refractivity contribution in [2.24, 2.45) is 11.3 Å². The molecular formula is C25H31NO3. The molecule has 0 aromatic heterocycles. The van der Waals surface area contributed by atoms with Crippen LogP contribution in [0.3, 0.4) is 0 Å². The number of aliphatic hydroxyl groups is 1. The first kappa shape index (κ1) is 20.0. The van der Waals surface area contributed by atoms with E-state index < -0.39 is 6.09 Å². The van der Waals surface area contributed by atoms with Crippen molar-refractivity contribution in [1.29, 1.82) is 0 Å². The molecule has 29 heavy (non-hydrogen) atoms. The molecule has 2 aromatic carbocycles. The molecule has 2 aliphatic rings. The molecule has 0 bridgehead atoms. The van der Waals surface area contributed by atoms with Gasteiger partial charge in [-0.3, -0.25) is 0 Å². The van der Waals surface area contributed by atoms with Gasteiger partial charge in [-0.05, 0) is 59.3 Å². The van der Waals surface area contributed by atoms with Gasteiger partial charge in [-0.2, -0.15) is 0 Å². The zero-order valence-electron chi connectivity index (χ0n) is 17.4. The monoisotopic (exact) mass is 393 g/mol. The van der Waals surface area contributed by atoms with Crippen LogP contribution < -0.4 is 5.32 Å². The second-order valence-electron chi connectivity index (χ2n) is 9.26. The molecule has 0 spiro atoms. The van der Waals surface area contributed by atoms with Crippen molar-refractivity contribution in [2.75, 3.05) is 13.2 Å². The SMILES string of the molecule is CC1(C)CCC(C(CO)NC(=O)OCC2c3ccccc3-c3ccccc32)CC1. The fourth-order valence-electron chi connectivity index (χ4n) is 4.93. The quantitative estimate of drug-likeness (QED) is 0.743. The van der Waals surface area contributed by atoms with Crippen LogP contribution >= 0.6 is 0 Å². The number of hydrogen-bond acceptors (Lipinski definition) is 3. The highest BCUT2D eigenvalue weighted by atomic mass is 16.5. The van der Waals surface area contributed by atoms with Gasteiger partial charge in [0.15, 0.2) is 0 Å². The molecule has 0 saturated heterocycles. The van der Waals surface area contributed by atoms with Crippen LogP contribution in [0.2, 0.25) is 0 Å². The lowest BCUT2D eigenvalue weighted by Gasteiger charge is -2.37. The summed E-state index contributed by atoms with van der Waals surface area (Å²) in [6.45, 7) is 4.83. The lowest BCUT2D eigenvalue weighted by Crippen LogP contribution is -2.45. The van der Waals surface area contributed by atoms with Crippen LogP contribution in [0.1, 0.15) is 56.6 Å². The summed E-state index contributed by atoms with van der Waals surface area (Å²) in [7, 11) is 0. The molecule has 4 nitrogen and oxygen atoms in total. The Bertz CT molecular complexity index is 820. The summed E-state index contributed by atoms with van der Waals surface area (Å²) in [4.78, 5) is 12.5. The third kappa shape index (κ3) is 4.18. The van der Waals surface area contributed by atoms with Crippen LogP contribution in [0, 0.1) is 11.3 Å². The number of ether oxygens (including phenoxy) is 1. The Labute approximate surface area is 173 Å². The first-order chi connectivity index (χ1) is 14.0. The number of nitrogens with one attached hydrogen (secondary N) is 1. The highest BCUT2D eigenvalue weighted by Gasteiger charge is 2.33. The summed E-state index contributed by atoms with van der Waals surface area (Å²) in [5.41, 5.74) is 5.20. The fraction of sp³-hybridized carbons (Fsp3) is 0.480. The molecule has 4 rings (SSSR count). The second kappa shape index (κ2) is 8.19. The van der Waals surface area contributed by atoms with Gasteiger partial charge in [0, 0.05) is 5.92 Å². The molecule has 1 fully saturated rings. The van der Waals surface area contributed by atoms with E-state index in [9.17, 15) is 9.90 Å². The Kier molecular flexibility index (Phi) is 5.64. The maximum atomic E-state index is 12.5. The van der Waals surface area contributed by atoms with Crippen molar-refractivity contribution in [2.45, 2.75) is 51.5 Å². The average molecular weight is 394 g/mol. The highest BCUT2D eigenvalue weighted by Crippen LogP contribution is 2.44. The van der Waals surface area contributed by atoms with Gasteiger partial charge in [0.05, 0.1) is 12.6 Å². The normalized spacial score (nSPS) is 19.3. The van der Waals surface area contributed by atoms with Crippen LogP contribution in [-0.4, -0.2) is 30.5 Å². The molecule has 2 aliphatic carbocycles. The number of hydrogen-bond donors (Lipinski definition) is 2. The lowest BCUT2D eigenvalue weighted by molar-refractivity contribution is 0.102. The van der Waals surface area contributed by atoms with Gasteiger partial charge in [-0.15, -0.1) is 0 Å². The van der Waals surface area contributed by atoms with E-state index in [0.29, 0.717) is 17.9 Å². The Balaban J connectivity index is 1.38. The molecule has 1 amide bonds. The molecule has 0 heterocycles. The molecule has 2 N–H and O–H groups in total. The minimum atomic E-state index is -0.434. The maximum Gasteiger partial charge on any atom is 0.407 e. The lowest BCUT2D eigenvalue weighted by atomic mass is 9.71. The van der Waals surface area contributed by atoms with Crippen LogP contribution in [0.25, 0.3) is 11.1 Å². The second-order valence-corrected chi connectivity index (χ2v) is 9.26. The minimum Gasteiger partial charge on any atom is -0.449 e. The van der Waals surface area contributed by atoms with Crippen molar-refractivity contribution in [1.82, 2.24) is 5.32 Å². The topological polar surface area (TPSA) is 58.6 Å². The van der Waals surface area contributed by atoms with Gasteiger partial charge in [-0.25, -0.2) is 4.79 Å². The number of amides is 1. The number of fused-ring (bicyclic) bond motifs is 3. The van der Waals surface area contributed by atoms with Crippen molar-refractivity contribution in [3.63, 3.8) is 0 Å². The Morgan fingerprint density at radius 2 is 1.62 bits per heavy atom. The summed E-state index contributed by atoms with van der Waals surface area (Å²) in [5, 5.41) is 12.8. The number of aliphatic hydroxyl groups excluding tert-OH is 1. The van der Waals surface area contributed by atoms with E-state index in [0.717, 1.165) is 25.7 Å². The average Bonchev–Trinajstić information content (AvgIpc) is 3.05. The Morgan fingerprint density at radius 3 is 2.17 bits per heavy atom. The number of carbonyl (C=O) groups excluding carboxylic acids is 1. The van der Waals surface area contributed by atoms with Crippen LogP contribution in [0.15, 0.2) is 48.5 Å². The van der Waals surface area contributed by atoms with Crippen molar-refractivity contribution >= 4 is 6.09 Å². The smallest absolute Gasteiger partial charge is 0.407 e. The highest BCUT2D eigenvalue weighted by molar-refractivity contribution is 5.79. The predicted molar refractivity (Wildman–Crippen MR) is 115 cm³/mol. The summed E-state index contributed by atoms with van der Waals surface area (Å²) >= 11 is 0. The number of rotatable bonds is 5. The number of alkyl carbamates (subject to hydrolysis) is 1. The van der Waals surface area contributed by atoms with Gasteiger partial charge in [-0.1, -0.05) is 62.4 Å². The first-order valence-corrected chi connectivity index (χ1v) is 10.7. The first-order valence-electron chi connectivity index (χ1n) is 10.7. The molecule has 1 unspecified atom stereocenters. The number of benzene rings is 2. The maximum absolute atomic E-state index is 12.5. The van der Waals surface area contributed by atoms with Crippen molar-refractivity contribution in [3.05, 3.63) is 59.7 Å². The zero-order valence-corrected chi connectivity index (χ0v) is 17.4. The minimum absolute atomic E-state index is 0.0463. The molecule has 0 radical (unpaired) electrons. The number of carbonyl (C=O) groups is 1. The third-order valence-corrected chi connectivity index (χ3v) is 6.80. The standard InChI is InChI=1S/C25H31NO3/c1-25(2)13-11-17(12-14-25)23(15-27)26-24(28)29-16-22-20-9-5-3-7-18(20)19-8-4-6-10-21(19)22/h3-10,17,22-23,27H,11-16H2,1-2H3,(H,26,28). The van der Waals surface area contributed by atoms with Crippen molar-refractivity contribution < 1.29 is 14.6 Å². The van der Waals surface area contributed by atoms with Crippen molar-refractivity contribution in [3.8, 4) is 11.1 Å². The largest absolute Gasteiger partial charge is 0.449 e.